The average molecular weight is 517 g/mol. The zero-order valence-corrected chi connectivity index (χ0v) is 21.1. The van der Waals surface area contributed by atoms with Crippen LogP contribution in [0, 0.1) is 13.8 Å². The quantitative estimate of drug-likeness (QED) is 0.132. The minimum atomic E-state index is -1.70. The van der Waals surface area contributed by atoms with Crippen LogP contribution in [0.25, 0.3) is 11.0 Å². The molecule has 0 saturated heterocycles. The Morgan fingerprint density at radius 1 is 1.03 bits per heavy atom. The molecule has 0 spiro atoms. The summed E-state index contributed by atoms with van der Waals surface area (Å²) in [6.07, 6.45) is 1.09. The lowest BCUT2D eigenvalue weighted by molar-refractivity contribution is -0.123. The first-order valence-electron chi connectivity index (χ1n) is 11.6. The van der Waals surface area contributed by atoms with Crippen LogP contribution in [0.5, 0.6) is 23.0 Å². The monoisotopic (exact) mass is 517 g/mol. The molecule has 10 nitrogen and oxygen atoms in total. The van der Waals surface area contributed by atoms with Gasteiger partial charge in [0.15, 0.2) is 22.9 Å². The summed E-state index contributed by atoms with van der Waals surface area (Å²) in [6.45, 7) is 7.19. The minimum Gasteiger partial charge on any atom is -0.507 e. The molecule has 0 fully saturated rings. The molecule has 1 atom stereocenters. The summed E-state index contributed by atoms with van der Waals surface area (Å²) in [5, 5.41) is 35.4. The molecule has 38 heavy (non-hydrogen) atoms. The van der Waals surface area contributed by atoms with E-state index < -0.39 is 39.9 Å². The van der Waals surface area contributed by atoms with Gasteiger partial charge < -0.3 is 29.8 Å². The Labute approximate surface area is 215 Å². The zero-order valence-electron chi connectivity index (χ0n) is 21.1. The maximum Gasteiger partial charge on any atom is 0.336 e. The molecule has 1 unspecified atom stereocenters. The number of allylic oxidation sites excluding steroid dienone is 4. The van der Waals surface area contributed by atoms with Crippen LogP contribution in [0.1, 0.15) is 47.8 Å². The van der Waals surface area contributed by atoms with Crippen LogP contribution in [0.15, 0.2) is 50.5 Å². The van der Waals surface area contributed by atoms with Gasteiger partial charge in [-0.2, -0.15) is 0 Å². The first-order chi connectivity index (χ1) is 17.8. The van der Waals surface area contributed by atoms with Crippen molar-refractivity contribution in [3.05, 3.63) is 74.0 Å². The number of phenols is 3. The van der Waals surface area contributed by atoms with Gasteiger partial charge in [-0.25, -0.2) is 4.79 Å². The zero-order chi connectivity index (χ0) is 27.8. The first kappa shape index (κ1) is 24.8. The predicted molar refractivity (Wildman–Crippen MR) is 136 cm³/mol. The Bertz CT molecular complexity index is 1770. The van der Waals surface area contributed by atoms with Crippen molar-refractivity contribution >= 4 is 34.0 Å². The Balaban J connectivity index is 1.71. The molecule has 1 aliphatic carbocycles. The lowest BCUT2D eigenvalue weighted by Crippen LogP contribution is -2.40. The van der Waals surface area contributed by atoms with E-state index in [1.807, 2.05) is 0 Å². The van der Waals surface area contributed by atoms with Gasteiger partial charge >= 0.3 is 5.63 Å². The number of fused-ring (bicyclic) bond motifs is 4. The number of aromatic hydroxyl groups is 3. The Kier molecular flexibility index (Phi) is 5.27. The molecular formula is C28H23NO9. The van der Waals surface area contributed by atoms with Gasteiger partial charge in [0.05, 0.1) is 11.1 Å². The number of ether oxygens (including phenoxy) is 1. The van der Waals surface area contributed by atoms with E-state index in [0.717, 1.165) is 6.08 Å². The van der Waals surface area contributed by atoms with Crippen molar-refractivity contribution in [2.24, 2.45) is 0 Å². The summed E-state index contributed by atoms with van der Waals surface area (Å²) in [6, 6.07) is 4.26. The Hall–Kier alpha value is -4.86. The number of nitrogens with one attached hydrogen (secondary N) is 1. The van der Waals surface area contributed by atoms with Crippen molar-refractivity contribution in [2.75, 3.05) is 5.32 Å². The largest absolute Gasteiger partial charge is 0.507 e. The minimum absolute atomic E-state index is 0.0145. The SMILES string of the molecule is CC(=O)c1c(O)c(C)c(O)c2c1OC1=CC(=O)C(=C(C)Nc3c(O)ccc4c(C)cc(=O)oc34)C(=O)C12C. The van der Waals surface area contributed by atoms with Gasteiger partial charge in [0.25, 0.3) is 0 Å². The van der Waals surface area contributed by atoms with E-state index in [0.29, 0.717) is 10.9 Å². The Morgan fingerprint density at radius 3 is 2.37 bits per heavy atom. The summed E-state index contributed by atoms with van der Waals surface area (Å²) in [5.74, 6) is -3.51. The predicted octanol–water partition coefficient (Wildman–Crippen LogP) is 3.80. The number of phenolic OH excluding ortho intramolecular Hbond substituents is 3. The van der Waals surface area contributed by atoms with Gasteiger partial charge in [-0.05, 0) is 52.3 Å². The van der Waals surface area contributed by atoms with Gasteiger partial charge in [-0.1, -0.05) is 0 Å². The van der Waals surface area contributed by atoms with E-state index in [1.165, 1.54) is 39.8 Å². The van der Waals surface area contributed by atoms with Gasteiger partial charge in [-0.3, -0.25) is 14.4 Å². The van der Waals surface area contributed by atoms with Gasteiger partial charge in [0.2, 0.25) is 0 Å². The fourth-order valence-corrected chi connectivity index (χ4v) is 5.11. The third-order valence-electron chi connectivity index (χ3n) is 7.17. The van der Waals surface area contributed by atoms with Crippen molar-refractivity contribution in [2.45, 2.75) is 40.0 Å². The van der Waals surface area contributed by atoms with Crippen molar-refractivity contribution in [3.63, 3.8) is 0 Å². The number of hydrogen-bond donors (Lipinski definition) is 4. The highest BCUT2D eigenvalue weighted by Crippen LogP contribution is 2.57. The third kappa shape index (κ3) is 3.19. The van der Waals surface area contributed by atoms with Crippen LogP contribution in [-0.4, -0.2) is 32.7 Å². The third-order valence-corrected chi connectivity index (χ3v) is 7.17. The van der Waals surface area contributed by atoms with Crippen LogP contribution in [0.3, 0.4) is 0 Å². The normalized spacial score (nSPS) is 19.6. The number of rotatable bonds is 3. The molecule has 2 aromatic carbocycles. The number of ketones is 3. The smallest absolute Gasteiger partial charge is 0.336 e. The summed E-state index contributed by atoms with van der Waals surface area (Å²) in [4.78, 5) is 51.5. The van der Waals surface area contributed by atoms with Crippen molar-refractivity contribution < 1.29 is 38.9 Å². The highest BCUT2D eigenvalue weighted by molar-refractivity contribution is 6.31. The number of anilines is 1. The summed E-state index contributed by atoms with van der Waals surface area (Å²) >= 11 is 0. The Morgan fingerprint density at radius 2 is 1.71 bits per heavy atom. The maximum absolute atomic E-state index is 14.0. The topological polar surface area (TPSA) is 163 Å². The summed E-state index contributed by atoms with van der Waals surface area (Å²) in [5.41, 5.74) is -2.24. The number of carbonyl (C=O) groups is 3. The standard InChI is InChI=1S/C28H23NO9/c1-10-8-18(33)38-25-14(10)6-7-15(31)22(25)29-12(3)19-16(32)9-17-28(5,27(19)36)21-24(35)11(2)23(34)20(13(4)30)26(21)37-17/h6-9,29,31,34-35H,1-5H3. The molecule has 1 aromatic heterocycles. The molecule has 0 amide bonds. The van der Waals surface area contributed by atoms with Crippen LogP contribution in [0.4, 0.5) is 5.69 Å². The second-order valence-corrected chi connectivity index (χ2v) is 9.60. The van der Waals surface area contributed by atoms with Crippen molar-refractivity contribution in [3.8, 4) is 23.0 Å². The van der Waals surface area contributed by atoms with E-state index >= 15 is 0 Å². The molecule has 4 N–H and O–H groups in total. The fraction of sp³-hybridized carbons (Fsp3) is 0.214. The van der Waals surface area contributed by atoms with Crippen LogP contribution < -0.4 is 15.7 Å². The van der Waals surface area contributed by atoms with E-state index in [4.69, 9.17) is 9.15 Å². The molecule has 1 aliphatic heterocycles. The molecule has 0 bridgehead atoms. The van der Waals surface area contributed by atoms with Crippen LogP contribution >= 0.6 is 0 Å². The molecule has 0 saturated carbocycles. The number of hydrogen-bond acceptors (Lipinski definition) is 10. The van der Waals surface area contributed by atoms with Gasteiger partial charge in [0, 0.05) is 28.8 Å². The highest BCUT2D eigenvalue weighted by Gasteiger charge is 2.56. The van der Waals surface area contributed by atoms with Crippen molar-refractivity contribution in [1.29, 1.82) is 0 Å². The number of Topliss-reactive ketones (excluding diaryl/α,β-unsaturated/α-hetero) is 2. The molecule has 2 aliphatic rings. The molecule has 0 radical (unpaired) electrons. The number of aryl methyl sites for hydroxylation is 1. The fourth-order valence-electron chi connectivity index (χ4n) is 5.11. The van der Waals surface area contributed by atoms with E-state index in [9.17, 15) is 34.5 Å². The molecule has 2 heterocycles. The van der Waals surface area contributed by atoms with Gasteiger partial charge in [0.1, 0.15) is 45.4 Å². The van der Waals surface area contributed by atoms with E-state index in [2.05, 4.69) is 5.32 Å². The lowest BCUT2D eigenvalue weighted by atomic mass is 9.70. The lowest BCUT2D eigenvalue weighted by Gasteiger charge is -2.29. The second kappa shape index (κ2) is 8.07. The molecule has 194 valence electrons. The molecule has 3 aromatic rings. The van der Waals surface area contributed by atoms with Gasteiger partial charge in [-0.15, -0.1) is 0 Å². The maximum atomic E-state index is 14.0. The summed E-state index contributed by atoms with van der Waals surface area (Å²) in [7, 11) is 0. The molecular weight excluding hydrogens is 494 g/mol. The van der Waals surface area contributed by atoms with E-state index in [-0.39, 0.29) is 56.5 Å². The van der Waals surface area contributed by atoms with Crippen LogP contribution in [-0.2, 0) is 15.0 Å². The van der Waals surface area contributed by atoms with Crippen molar-refractivity contribution in [1.82, 2.24) is 0 Å². The highest BCUT2D eigenvalue weighted by atomic mass is 16.5. The second-order valence-electron chi connectivity index (χ2n) is 9.60. The molecule has 5 rings (SSSR count). The van der Waals surface area contributed by atoms with Crippen LogP contribution in [0.2, 0.25) is 0 Å². The number of benzene rings is 2. The number of carbonyl (C=O) groups excluding carboxylic acids is 3. The average Bonchev–Trinajstić information content (AvgIpc) is 3.12. The first-order valence-corrected chi connectivity index (χ1v) is 11.6. The summed E-state index contributed by atoms with van der Waals surface area (Å²) < 4.78 is 11.1. The molecule has 10 heteroatoms. The van der Waals surface area contributed by atoms with E-state index in [1.54, 1.807) is 13.0 Å².